The van der Waals surface area contributed by atoms with Gasteiger partial charge in [-0.05, 0) is 30.2 Å². The molecule has 0 aliphatic carbocycles. The lowest BCUT2D eigenvalue weighted by Crippen LogP contribution is -1.86. The molecule has 0 unspecified atom stereocenters. The summed E-state index contributed by atoms with van der Waals surface area (Å²) >= 11 is 0. The maximum Gasteiger partial charge on any atom is 0.328 e. The number of aromatic nitrogens is 2. The minimum atomic E-state index is -0.956. The molecule has 2 heterocycles. The van der Waals surface area contributed by atoms with Gasteiger partial charge in [0.1, 0.15) is 5.65 Å². The summed E-state index contributed by atoms with van der Waals surface area (Å²) in [6.07, 6.45) is 4.54. The first-order chi connectivity index (χ1) is 9.15. The Morgan fingerprint density at radius 3 is 3.00 bits per heavy atom. The van der Waals surface area contributed by atoms with E-state index in [1.807, 2.05) is 31.3 Å². The summed E-state index contributed by atoms with van der Waals surface area (Å²) in [7, 11) is 0. The fraction of sp³-hybridized carbons (Fsp3) is 0.0667. The summed E-state index contributed by atoms with van der Waals surface area (Å²) in [5.41, 5.74) is 3.67. The van der Waals surface area contributed by atoms with Gasteiger partial charge in [-0.25, -0.2) is 9.78 Å². The van der Waals surface area contributed by atoms with Crippen LogP contribution in [0.15, 0.2) is 36.5 Å². The normalized spacial score (nSPS) is 11.6. The van der Waals surface area contributed by atoms with E-state index in [1.165, 1.54) is 0 Å². The number of benzene rings is 1. The first-order valence-corrected chi connectivity index (χ1v) is 5.93. The highest BCUT2D eigenvalue weighted by atomic mass is 16.4. The number of hydrogen-bond acceptors (Lipinski definition) is 2. The number of aliphatic carboxylic acids is 1. The van der Waals surface area contributed by atoms with Crippen molar-refractivity contribution in [1.29, 1.82) is 0 Å². The Kier molecular flexibility index (Phi) is 2.56. The molecule has 0 aliphatic heterocycles. The topological polar surface area (TPSA) is 66.0 Å². The number of carboxylic acid groups (broad SMARTS) is 1. The zero-order chi connectivity index (χ0) is 13.4. The Bertz CT molecular complexity index is 815. The van der Waals surface area contributed by atoms with Crippen LogP contribution in [0.4, 0.5) is 0 Å². The molecule has 0 saturated carbocycles. The smallest absolute Gasteiger partial charge is 0.328 e. The third kappa shape index (κ3) is 1.97. The van der Waals surface area contributed by atoms with E-state index in [0.29, 0.717) is 0 Å². The van der Waals surface area contributed by atoms with Crippen molar-refractivity contribution >= 4 is 34.0 Å². The van der Waals surface area contributed by atoms with Gasteiger partial charge in [0.25, 0.3) is 0 Å². The van der Waals surface area contributed by atoms with Crippen molar-refractivity contribution < 1.29 is 9.90 Å². The Morgan fingerprint density at radius 1 is 1.37 bits per heavy atom. The molecule has 2 N–H and O–H groups in total. The fourth-order valence-electron chi connectivity index (χ4n) is 2.23. The van der Waals surface area contributed by atoms with Crippen molar-refractivity contribution in [2.24, 2.45) is 0 Å². The predicted octanol–water partition coefficient (Wildman–Crippen LogP) is 3.12. The molecule has 0 fully saturated rings. The SMILES string of the molecule is Cc1cnc2[nH]c3c(/C=C/C(=O)O)cccc3c2c1. The van der Waals surface area contributed by atoms with Crippen molar-refractivity contribution in [3.05, 3.63) is 47.7 Å². The minimum Gasteiger partial charge on any atom is -0.478 e. The van der Waals surface area contributed by atoms with Crippen molar-refractivity contribution in [1.82, 2.24) is 9.97 Å². The Hall–Kier alpha value is -2.62. The molecule has 2 aromatic heterocycles. The van der Waals surface area contributed by atoms with Crippen molar-refractivity contribution in [2.75, 3.05) is 0 Å². The quantitative estimate of drug-likeness (QED) is 0.688. The molecular weight excluding hydrogens is 240 g/mol. The molecule has 94 valence electrons. The van der Waals surface area contributed by atoms with Gasteiger partial charge in [-0.1, -0.05) is 18.2 Å². The summed E-state index contributed by atoms with van der Waals surface area (Å²) in [5.74, 6) is -0.956. The molecule has 0 aliphatic rings. The minimum absolute atomic E-state index is 0.816. The number of hydrogen-bond donors (Lipinski definition) is 2. The molecule has 0 spiro atoms. The average molecular weight is 252 g/mol. The van der Waals surface area contributed by atoms with Crippen LogP contribution in [0, 0.1) is 6.92 Å². The van der Waals surface area contributed by atoms with E-state index in [1.54, 1.807) is 6.08 Å². The lowest BCUT2D eigenvalue weighted by atomic mass is 10.1. The van der Waals surface area contributed by atoms with Crippen molar-refractivity contribution in [2.45, 2.75) is 6.92 Å². The van der Waals surface area contributed by atoms with Crippen molar-refractivity contribution in [3.8, 4) is 0 Å². The number of aryl methyl sites for hydroxylation is 1. The number of carboxylic acids is 1. The number of fused-ring (bicyclic) bond motifs is 3. The third-order valence-electron chi connectivity index (χ3n) is 3.06. The van der Waals surface area contributed by atoms with E-state index in [4.69, 9.17) is 5.11 Å². The Morgan fingerprint density at radius 2 is 2.21 bits per heavy atom. The number of H-pyrrole nitrogens is 1. The molecule has 0 radical (unpaired) electrons. The number of aromatic amines is 1. The zero-order valence-corrected chi connectivity index (χ0v) is 10.3. The van der Waals surface area contributed by atoms with Crippen molar-refractivity contribution in [3.63, 3.8) is 0 Å². The second-order valence-corrected chi connectivity index (χ2v) is 4.48. The number of carbonyl (C=O) groups is 1. The van der Waals surface area contributed by atoms with Gasteiger partial charge < -0.3 is 10.1 Å². The van der Waals surface area contributed by atoms with E-state index in [-0.39, 0.29) is 0 Å². The van der Waals surface area contributed by atoms with Gasteiger partial charge in [0.2, 0.25) is 0 Å². The first kappa shape index (κ1) is 11.5. The zero-order valence-electron chi connectivity index (χ0n) is 10.3. The second kappa shape index (κ2) is 4.24. The van der Waals surface area contributed by atoms with Crippen LogP contribution in [0.2, 0.25) is 0 Å². The van der Waals surface area contributed by atoms with Gasteiger partial charge in [-0.2, -0.15) is 0 Å². The highest BCUT2D eigenvalue weighted by molar-refractivity contribution is 6.08. The molecular formula is C15H12N2O2. The number of para-hydroxylation sites is 1. The third-order valence-corrected chi connectivity index (χ3v) is 3.06. The highest BCUT2D eigenvalue weighted by Gasteiger charge is 2.07. The molecule has 19 heavy (non-hydrogen) atoms. The summed E-state index contributed by atoms with van der Waals surface area (Å²) in [4.78, 5) is 18.2. The van der Waals surface area contributed by atoms with Gasteiger partial charge >= 0.3 is 5.97 Å². The summed E-state index contributed by atoms with van der Waals surface area (Å²) in [6, 6.07) is 7.88. The van der Waals surface area contributed by atoms with E-state index < -0.39 is 5.97 Å². The van der Waals surface area contributed by atoms with Gasteiger partial charge in [0.05, 0.1) is 5.52 Å². The predicted molar refractivity (Wildman–Crippen MR) is 75.0 cm³/mol. The van der Waals surface area contributed by atoms with Gasteiger partial charge in [-0.15, -0.1) is 0 Å². The second-order valence-electron chi connectivity index (χ2n) is 4.48. The molecule has 0 amide bonds. The Labute approximate surface area is 109 Å². The van der Waals surface area contributed by atoms with E-state index >= 15 is 0 Å². The van der Waals surface area contributed by atoms with Crippen LogP contribution in [0.25, 0.3) is 28.0 Å². The average Bonchev–Trinajstić information content (AvgIpc) is 2.75. The van der Waals surface area contributed by atoms with Gasteiger partial charge in [-0.3, -0.25) is 0 Å². The molecule has 4 nitrogen and oxygen atoms in total. The van der Waals surface area contributed by atoms with E-state index in [2.05, 4.69) is 16.0 Å². The van der Waals surface area contributed by atoms with Gasteiger partial charge in [0, 0.05) is 23.0 Å². The van der Waals surface area contributed by atoms with Gasteiger partial charge in [0.15, 0.2) is 0 Å². The maximum atomic E-state index is 10.6. The van der Waals surface area contributed by atoms with Crippen LogP contribution in [-0.2, 0) is 4.79 Å². The number of pyridine rings is 1. The summed E-state index contributed by atoms with van der Waals surface area (Å²) < 4.78 is 0. The van der Waals surface area contributed by atoms with Crippen LogP contribution < -0.4 is 0 Å². The lowest BCUT2D eigenvalue weighted by molar-refractivity contribution is -0.131. The largest absolute Gasteiger partial charge is 0.478 e. The van der Waals surface area contributed by atoms with E-state index in [9.17, 15) is 4.79 Å². The number of nitrogens with zero attached hydrogens (tertiary/aromatic N) is 1. The van der Waals surface area contributed by atoms with Crippen LogP contribution in [-0.4, -0.2) is 21.0 Å². The monoisotopic (exact) mass is 252 g/mol. The fourth-order valence-corrected chi connectivity index (χ4v) is 2.23. The molecule has 3 aromatic rings. The first-order valence-electron chi connectivity index (χ1n) is 5.93. The lowest BCUT2D eigenvalue weighted by Gasteiger charge is -1.96. The summed E-state index contributed by atoms with van der Waals surface area (Å²) in [6.45, 7) is 2.00. The maximum absolute atomic E-state index is 10.6. The Balaban J connectivity index is 2.31. The highest BCUT2D eigenvalue weighted by Crippen LogP contribution is 2.27. The van der Waals surface area contributed by atoms with Crippen LogP contribution in [0.3, 0.4) is 0 Å². The summed E-state index contributed by atoms with van der Waals surface area (Å²) in [5, 5.41) is 10.8. The van der Waals surface area contributed by atoms with Crippen LogP contribution >= 0.6 is 0 Å². The molecule has 0 saturated heterocycles. The number of nitrogens with one attached hydrogen (secondary N) is 1. The van der Waals surface area contributed by atoms with Crippen LogP contribution in [0.5, 0.6) is 0 Å². The molecule has 4 heteroatoms. The standard InChI is InChI=1S/C15H12N2O2/c1-9-7-12-11-4-2-3-10(5-6-13(18)19)14(11)17-15(12)16-8-9/h2-8H,1H3,(H,16,17)(H,18,19)/b6-5+. The molecule has 3 rings (SSSR count). The number of rotatable bonds is 2. The van der Waals surface area contributed by atoms with Crippen LogP contribution in [0.1, 0.15) is 11.1 Å². The molecule has 0 atom stereocenters. The molecule has 1 aromatic carbocycles. The van der Waals surface area contributed by atoms with E-state index in [0.717, 1.165) is 39.1 Å². The molecule has 0 bridgehead atoms.